The summed E-state index contributed by atoms with van der Waals surface area (Å²) in [6, 6.07) is 0. The first-order valence-electron chi connectivity index (χ1n) is 7.00. The fourth-order valence-electron chi connectivity index (χ4n) is 2.76. The summed E-state index contributed by atoms with van der Waals surface area (Å²) < 4.78 is 0. The van der Waals surface area contributed by atoms with Crippen LogP contribution in [0.25, 0.3) is 0 Å². The molecule has 21 heavy (non-hydrogen) atoms. The number of aromatic amines is 1. The van der Waals surface area contributed by atoms with E-state index >= 15 is 0 Å². The normalized spacial score (nSPS) is 16.2. The second kappa shape index (κ2) is 6.28. The van der Waals surface area contributed by atoms with E-state index in [1.54, 1.807) is 18.7 Å². The maximum absolute atomic E-state index is 12.6. The van der Waals surface area contributed by atoms with Crippen LogP contribution in [0, 0.1) is 13.8 Å². The Morgan fingerprint density at radius 1 is 1.19 bits per heavy atom. The number of aromatic nitrogens is 1. The number of amides is 1. The summed E-state index contributed by atoms with van der Waals surface area (Å²) in [4.78, 5) is 30.3. The highest BCUT2D eigenvalue weighted by atomic mass is 16.4. The first-order chi connectivity index (χ1) is 9.95. The number of nitrogens with zero attached hydrogens (tertiary/aromatic N) is 2. The number of aliphatic hydroxyl groups is 1. The van der Waals surface area contributed by atoms with Crippen molar-refractivity contribution in [1.82, 2.24) is 14.8 Å². The maximum atomic E-state index is 12.6. The lowest BCUT2D eigenvalue weighted by Crippen LogP contribution is -2.49. The topological polar surface area (TPSA) is 96.9 Å². The van der Waals surface area contributed by atoms with Gasteiger partial charge in [0.05, 0.1) is 12.2 Å². The van der Waals surface area contributed by atoms with Crippen LogP contribution in [0.1, 0.15) is 32.1 Å². The molecule has 1 aliphatic heterocycles. The van der Waals surface area contributed by atoms with Crippen molar-refractivity contribution in [3.05, 3.63) is 22.5 Å². The van der Waals surface area contributed by atoms with Crippen LogP contribution in [0.4, 0.5) is 0 Å². The number of carboxylic acids is 1. The molecule has 1 saturated heterocycles. The average molecular weight is 295 g/mol. The Hall–Kier alpha value is -1.86. The molecule has 3 N–H and O–H groups in total. The van der Waals surface area contributed by atoms with Crippen molar-refractivity contribution >= 4 is 11.9 Å². The molecule has 1 aromatic rings. The van der Waals surface area contributed by atoms with Gasteiger partial charge in [0.2, 0.25) is 0 Å². The molecule has 0 unspecified atom stereocenters. The predicted octanol–water partition coefficient (Wildman–Crippen LogP) is 0.0798. The molecule has 1 aromatic heterocycles. The third-order valence-electron chi connectivity index (χ3n) is 3.94. The molecule has 116 valence electrons. The van der Waals surface area contributed by atoms with Crippen molar-refractivity contribution in [2.75, 3.05) is 39.3 Å². The van der Waals surface area contributed by atoms with Gasteiger partial charge in [0, 0.05) is 38.4 Å². The van der Waals surface area contributed by atoms with E-state index in [9.17, 15) is 9.59 Å². The van der Waals surface area contributed by atoms with Gasteiger partial charge in [-0.2, -0.15) is 0 Å². The molecule has 2 rings (SSSR count). The zero-order chi connectivity index (χ0) is 15.6. The van der Waals surface area contributed by atoms with Gasteiger partial charge in [-0.15, -0.1) is 0 Å². The van der Waals surface area contributed by atoms with Gasteiger partial charge < -0.3 is 20.1 Å². The Morgan fingerprint density at radius 3 is 2.29 bits per heavy atom. The molecular weight excluding hydrogens is 274 g/mol. The van der Waals surface area contributed by atoms with E-state index in [2.05, 4.69) is 9.88 Å². The molecule has 7 heteroatoms. The highest BCUT2D eigenvalue weighted by Crippen LogP contribution is 2.20. The lowest BCUT2D eigenvalue weighted by molar-refractivity contribution is 0.0613. The third-order valence-corrected chi connectivity index (χ3v) is 3.94. The van der Waals surface area contributed by atoms with Crippen LogP contribution in [0.3, 0.4) is 0 Å². The van der Waals surface area contributed by atoms with Crippen molar-refractivity contribution in [2.45, 2.75) is 13.8 Å². The van der Waals surface area contributed by atoms with Crippen LogP contribution >= 0.6 is 0 Å². The van der Waals surface area contributed by atoms with Crippen molar-refractivity contribution in [3.8, 4) is 0 Å². The second-order valence-electron chi connectivity index (χ2n) is 5.29. The van der Waals surface area contributed by atoms with Gasteiger partial charge in [0.25, 0.3) is 5.91 Å². The van der Waals surface area contributed by atoms with Crippen LogP contribution in [0.2, 0.25) is 0 Å². The lowest BCUT2D eigenvalue weighted by Gasteiger charge is -2.34. The predicted molar refractivity (Wildman–Crippen MR) is 76.7 cm³/mol. The van der Waals surface area contributed by atoms with Crippen LogP contribution in [-0.2, 0) is 0 Å². The number of aryl methyl sites for hydroxylation is 1. The Kier molecular flexibility index (Phi) is 4.64. The van der Waals surface area contributed by atoms with Gasteiger partial charge >= 0.3 is 5.97 Å². The minimum Gasteiger partial charge on any atom is -0.477 e. The Bertz CT molecular complexity index is 545. The minimum atomic E-state index is -1.05. The molecule has 7 nitrogen and oxygen atoms in total. The molecule has 0 saturated carbocycles. The summed E-state index contributed by atoms with van der Waals surface area (Å²) in [7, 11) is 0. The largest absolute Gasteiger partial charge is 0.477 e. The van der Waals surface area contributed by atoms with Crippen molar-refractivity contribution < 1.29 is 19.8 Å². The summed E-state index contributed by atoms with van der Waals surface area (Å²) in [6.45, 7) is 6.73. The van der Waals surface area contributed by atoms with Crippen LogP contribution in [0.5, 0.6) is 0 Å². The Balaban J connectivity index is 2.13. The quantitative estimate of drug-likeness (QED) is 0.731. The molecule has 1 fully saturated rings. The zero-order valence-corrected chi connectivity index (χ0v) is 12.3. The number of rotatable bonds is 4. The van der Waals surface area contributed by atoms with E-state index in [0.717, 1.165) is 13.1 Å². The number of hydrogen-bond donors (Lipinski definition) is 3. The van der Waals surface area contributed by atoms with E-state index in [-0.39, 0.29) is 18.2 Å². The molecule has 2 heterocycles. The SMILES string of the molecule is Cc1[nH]c(C(=O)O)c(C)c1C(=O)N1CCN(CCO)CC1. The fourth-order valence-corrected chi connectivity index (χ4v) is 2.76. The first-order valence-corrected chi connectivity index (χ1v) is 7.00. The van der Waals surface area contributed by atoms with Gasteiger partial charge in [-0.25, -0.2) is 4.79 Å². The van der Waals surface area contributed by atoms with E-state index in [0.29, 0.717) is 36.5 Å². The summed E-state index contributed by atoms with van der Waals surface area (Å²) in [5.74, 6) is -1.18. The van der Waals surface area contributed by atoms with Gasteiger partial charge in [-0.3, -0.25) is 9.69 Å². The number of aliphatic hydroxyl groups excluding tert-OH is 1. The zero-order valence-electron chi connectivity index (χ0n) is 12.3. The summed E-state index contributed by atoms with van der Waals surface area (Å²) >= 11 is 0. The maximum Gasteiger partial charge on any atom is 0.352 e. The highest BCUT2D eigenvalue weighted by Gasteiger charge is 2.27. The number of nitrogens with one attached hydrogen (secondary N) is 1. The molecular formula is C14H21N3O4. The van der Waals surface area contributed by atoms with Gasteiger partial charge in [0.15, 0.2) is 0 Å². The number of carbonyl (C=O) groups excluding carboxylic acids is 1. The molecule has 1 amide bonds. The number of aromatic carboxylic acids is 1. The Labute approximate surface area is 123 Å². The summed E-state index contributed by atoms with van der Waals surface area (Å²) in [5.41, 5.74) is 1.62. The fraction of sp³-hybridized carbons (Fsp3) is 0.571. The van der Waals surface area contributed by atoms with E-state index < -0.39 is 5.97 Å². The summed E-state index contributed by atoms with van der Waals surface area (Å²) in [5, 5.41) is 18.0. The van der Waals surface area contributed by atoms with Crippen LogP contribution in [0.15, 0.2) is 0 Å². The summed E-state index contributed by atoms with van der Waals surface area (Å²) in [6.07, 6.45) is 0. The molecule has 0 atom stereocenters. The number of hydrogen-bond acceptors (Lipinski definition) is 4. The van der Waals surface area contributed by atoms with Gasteiger partial charge in [-0.05, 0) is 19.4 Å². The number of piperazine rings is 1. The van der Waals surface area contributed by atoms with Gasteiger partial charge in [0.1, 0.15) is 5.69 Å². The van der Waals surface area contributed by atoms with Gasteiger partial charge in [-0.1, -0.05) is 0 Å². The molecule has 0 bridgehead atoms. The number of carbonyl (C=O) groups is 2. The smallest absolute Gasteiger partial charge is 0.352 e. The first kappa shape index (κ1) is 15.5. The standard InChI is InChI=1S/C14H21N3O4/c1-9-11(10(2)15-12(9)14(20)21)13(19)17-5-3-16(4-6-17)7-8-18/h15,18H,3-8H2,1-2H3,(H,20,21). The highest BCUT2D eigenvalue weighted by molar-refractivity contribution is 6.00. The number of H-pyrrole nitrogens is 1. The van der Waals surface area contributed by atoms with E-state index in [1.165, 1.54) is 0 Å². The second-order valence-corrected chi connectivity index (χ2v) is 5.29. The lowest BCUT2D eigenvalue weighted by atomic mass is 10.1. The monoisotopic (exact) mass is 295 g/mol. The van der Waals surface area contributed by atoms with Crippen molar-refractivity contribution in [2.24, 2.45) is 0 Å². The van der Waals surface area contributed by atoms with Crippen molar-refractivity contribution in [3.63, 3.8) is 0 Å². The number of carboxylic acid groups (broad SMARTS) is 1. The number of β-amino-alcohol motifs (C(OH)–C–C–N with tert-alkyl or cyclic N) is 1. The molecule has 0 aliphatic carbocycles. The molecule has 0 spiro atoms. The van der Waals surface area contributed by atoms with E-state index in [4.69, 9.17) is 10.2 Å². The van der Waals surface area contributed by atoms with Crippen LogP contribution < -0.4 is 0 Å². The molecule has 1 aliphatic rings. The average Bonchev–Trinajstić information content (AvgIpc) is 2.75. The third kappa shape index (κ3) is 3.08. The molecule has 0 aromatic carbocycles. The van der Waals surface area contributed by atoms with Crippen molar-refractivity contribution in [1.29, 1.82) is 0 Å². The minimum absolute atomic E-state index is 0.0785. The van der Waals surface area contributed by atoms with E-state index in [1.807, 2.05) is 0 Å². The molecule has 0 radical (unpaired) electrons. The Morgan fingerprint density at radius 2 is 1.81 bits per heavy atom. The van der Waals surface area contributed by atoms with Crippen LogP contribution in [-0.4, -0.2) is 76.2 Å².